The lowest BCUT2D eigenvalue weighted by Gasteiger charge is -2.17. The first-order valence-electron chi connectivity index (χ1n) is 12.8. The van der Waals surface area contributed by atoms with Gasteiger partial charge in [-0.05, 0) is 52.9 Å². The van der Waals surface area contributed by atoms with Crippen molar-refractivity contribution < 1.29 is 24.5 Å². The Kier molecular flexibility index (Phi) is 8.65. The predicted molar refractivity (Wildman–Crippen MR) is 154 cm³/mol. The van der Waals surface area contributed by atoms with Crippen LogP contribution in [0.15, 0.2) is 84.9 Å². The van der Waals surface area contributed by atoms with Crippen molar-refractivity contribution in [2.45, 2.75) is 32.7 Å². The van der Waals surface area contributed by atoms with Gasteiger partial charge in [0.05, 0.1) is 18.3 Å². The first-order valence-corrected chi connectivity index (χ1v) is 13.6. The number of nitrogens with one attached hydrogen (secondary N) is 1. The number of hydrogen-bond donors (Lipinski definition) is 3. The second-order valence-corrected chi connectivity index (χ2v) is 9.87. The lowest BCUT2D eigenvalue weighted by molar-refractivity contribution is -0.140. The van der Waals surface area contributed by atoms with Crippen molar-refractivity contribution >= 4 is 28.7 Å². The number of carbonyl (C=O) groups is 1. The van der Waals surface area contributed by atoms with E-state index in [1.54, 1.807) is 0 Å². The van der Waals surface area contributed by atoms with Crippen LogP contribution in [-0.2, 0) is 24.6 Å². The summed E-state index contributed by atoms with van der Waals surface area (Å²) < 4.78 is 20.9. The molecule has 1 atom stereocenters. The zero-order valence-electron chi connectivity index (χ0n) is 21.9. The number of aromatic nitrogens is 2. The van der Waals surface area contributed by atoms with Gasteiger partial charge in [0, 0.05) is 18.2 Å². The standard InChI is InChI=1S/C31H29N3O5S/c1-20-24(8-5-9-26(20)22-6-3-2-4-7-22)19-38-25-12-11-23(16-32-29(17-35)31(36)37)30(15-25)39-18-21-10-13-27-28(14-21)34-40-33-27/h2-15,29,32,35H,16-19H2,1H3,(H,36,37). The second-order valence-electron chi connectivity index (χ2n) is 9.34. The number of aliphatic carboxylic acids is 1. The van der Waals surface area contributed by atoms with Gasteiger partial charge in [-0.2, -0.15) is 8.75 Å². The summed E-state index contributed by atoms with van der Waals surface area (Å²) >= 11 is 1.16. The maximum atomic E-state index is 11.4. The van der Waals surface area contributed by atoms with Gasteiger partial charge in [-0.3, -0.25) is 10.1 Å². The van der Waals surface area contributed by atoms with Gasteiger partial charge in [-0.1, -0.05) is 60.7 Å². The minimum absolute atomic E-state index is 0.195. The Bertz CT molecular complexity index is 1610. The van der Waals surface area contributed by atoms with Crippen LogP contribution in [0.5, 0.6) is 11.5 Å². The van der Waals surface area contributed by atoms with E-state index in [4.69, 9.17) is 9.47 Å². The molecule has 0 fully saturated rings. The van der Waals surface area contributed by atoms with Crippen molar-refractivity contribution in [1.29, 1.82) is 0 Å². The molecule has 5 rings (SSSR count). The molecule has 0 aliphatic rings. The fourth-order valence-corrected chi connectivity index (χ4v) is 4.90. The summed E-state index contributed by atoms with van der Waals surface area (Å²) in [7, 11) is 0. The normalized spacial score (nSPS) is 11.8. The molecule has 0 bridgehead atoms. The average Bonchev–Trinajstić information content (AvgIpc) is 3.45. The molecular formula is C31H29N3O5S. The van der Waals surface area contributed by atoms with Crippen LogP contribution in [0.4, 0.5) is 0 Å². The molecule has 0 saturated carbocycles. The number of ether oxygens (including phenoxy) is 2. The molecule has 204 valence electrons. The number of aliphatic hydroxyl groups is 1. The predicted octanol–water partition coefficient (Wildman–Crippen LogP) is 5.36. The molecule has 0 aliphatic carbocycles. The number of fused-ring (bicyclic) bond motifs is 1. The average molecular weight is 556 g/mol. The minimum Gasteiger partial charge on any atom is -0.489 e. The number of carboxylic acids is 1. The van der Waals surface area contributed by atoms with Gasteiger partial charge in [0.1, 0.15) is 41.8 Å². The zero-order chi connectivity index (χ0) is 27.9. The van der Waals surface area contributed by atoms with Crippen molar-refractivity contribution in [1.82, 2.24) is 14.1 Å². The van der Waals surface area contributed by atoms with Crippen LogP contribution in [0, 0.1) is 6.92 Å². The minimum atomic E-state index is -1.12. The van der Waals surface area contributed by atoms with Gasteiger partial charge in [-0.25, -0.2) is 0 Å². The van der Waals surface area contributed by atoms with Gasteiger partial charge in [0.2, 0.25) is 0 Å². The number of hydrogen-bond acceptors (Lipinski definition) is 8. The van der Waals surface area contributed by atoms with E-state index < -0.39 is 18.6 Å². The molecule has 4 aromatic carbocycles. The lowest BCUT2D eigenvalue weighted by Crippen LogP contribution is -2.39. The summed E-state index contributed by atoms with van der Waals surface area (Å²) in [6.07, 6.45) is 0. The molecule has 1 aromatic heterocycles. The van der Waals surface area contributed by atoms with Gasteiger partial charge in [-0.15, -0.1) is 0 Å². The smallest absolute Gasteiger partial charge is 0.323 e. The number of aliphatic hydroxyl groups excluding tert-OH is 1. The van der Waals surface area contributed by atoms with Crippen molar-refractivity contribution in [2.24, 2.45) is 0 Å². The number of rotatable bonds is 12. The van der Waals surface area contributed by atoms with Crippen LogP contribution in [0.2, 0.25) is 0 Å². The van der Waals surface area contributed by atoms with Gasteiger partial charge >= 0.3 is 5.97 Å². The topological polar surface area (TPSA) is 114 Å². The van der Waals surface area contributed by atoms with E-state index in [1.165, 1.54) is 0 Å². The maximum absolute atomic E-state index is 11.4. The monoisotopic (exact) mass is 555 g/mol. The van der Waals surface area contributed by atoms with Crippen LogP contribution in [-0.4, -0.2) is 37.6 Å². The molecule has 0 radical (unpaired) electrons. The first-order chi connectivity index (χ1) is 19.5. The van der Waals surface area contributed by atoms with E-state index in [2.05, 4.69) is 45.3 Å². The second kappa shape index (κ2) is 12.7. The van der Waals surface area contributed by atoms with Crippen molar-refractivity contribution in [3.8, 4) is 22.6 Å². The molecule has 5 aromatic rings. The number of benzene rings is 4. The number of nitrogens with zero attached hydrogens (tertiary/aromatic N) is 2. The van der Waals surface area contributed by atoms with Gasteiger partial charge in [0.15, 0.2) is 0 Å². The quantitative estimate of drug-likeness (QED) is 0.189. The molecule has 1 unspecified atom stereocenters. The third kappa shape index (κ3) is 6.45. The molecule has 8 nitrogen and oxygen atoms in total. The fourth-order valence-electron chi connectivity index (χ4n) is 4.38. The van der Waals surface area contributed by atoms with E-state index in [1.807, 2.05) is 60.7 Å². The molecule has 40 heavy (non-hydrogen) atoms. The third-order valence-corrected chi connectivity index (χ3v) is 7.25. The van der Waals surface area contributed by atoms with E-state index >= 15 is 0 Å². The Morgan fingerprint density at radius 2 is 1.73 bits per heavy atom. The van der Waals surface area contributed by atoms with Crippen LogP contribution in [0.25, 0.3) is 22.2 Å². The largest absolute Gasteiger partial charge is 0.489 e. The Balaban J connectivity index is 1.34. The van der Waals surface area contributed by atoms with Crippen LogP contribution < -0.4 is 14.8 Å². The highest BCUT2D eigenvalue weighted by molar-refractivity contribution is 7.00. The molecular weight excluding hydrogens is 526 g/mol. The van der Waals surface area contributed by atoms with E-state index in [9.17, 15) is 15.0 Å². The maximum Gasteiger partial charge on any atom is 0.323 e. The molecule has 1 heterocycles. The third-order valence-electron chi connectivity index (χ3n) is 6.70. The van der Waals surface area contributed by atoms with Crippen LogP contribution >= 0.6 is 11.7 Å². The summed E-state index contributed by atoms with van der Waals surface area (Å²) in [6, 6.07) is 26.6. The molecule has 0 amide bonds. The number of carboxylic acid groups (broad SMARTS) is 1. The van der Waals surface area contributed by atoms with Crippen molar-refractivity contribution in [3.63, 3.8) is 0 Å². The molecule has 9 heteroatoms. The van der Waals surface area contributed by atoms with Crippen molar-refractivity contribution in [3.05, 3.63) is 107 Å². The van der Waals surface area contributed by atoms with E-state index in [0.29, 0.717) is 18.1 Å². The Labute approximate surface area is 236 Å². The van der Waals surface area contributed by atoms with E-state index in [0.717, 1.165) is 56.1 Å². The Morgan fingerprint density at radius 3 is 2.52 bits per heavy atom. The van der Waals surface area contributed by atoms with Crippen molar-refractivity contribution in [2.75, 3.05) is 6.61 Å². The van der Waals surface area contributed by atoms with Crippen LogP contribution in [0.3, 0.4) is 0 Å². The molecule has 0 saturated heterocycles. The summed E-state index contributed by atoms with van der Waals surface area (Å²) in [4.78, 5) is 11.4. The van der Waals surface area contributed by atoms with Gasteiger partial charge in [0.25, 0.3) is 0 Å². The molecule has 0 spiro atoms. The van der Waals surface area contributed by atoms with Crippen LogP contribution in [0.1, 0.15) is 22.3 Å². The highest BCUT2D eigenvalue weighted by Gasteiger charge is 2.17. The Hall–Kier alpha value is -4.31. The molecule has 0 aliphatic heterocycles. The van der Waals surface area contributed by atoms with Gasteiger partial charge < -0.3 is 19.7 Å². The highest BCUT2D eigenvalue weighted by atomic mass is 32.1. The van der Waals surface area contributed by atoms with E-state index in [-0.39, 0.29) is 13.2 Å². The summed E-state index contributed by atoms with van der Waals surface area (Å²) in [5.74, 6) is 0.0564. The summed E-state index contributed by atoms with van der Waals surface area (Å²) in [5.41, 5.74) is 7.87. The summed E-state index contributed by atoms with van der Waals surface area (Å²) in [6.45, 7) is 2.43. The zero-order valence-corrected chi connectivity index (χ0v) is 22.7. The Morgan fingerprint density at radius 1 is 0.900 bits per heavy atom. The lowest BCUT2D eigenvalue weighted by atomic mass is 9.97. The first kappa shape index (κ1) is 27.3. The fraction of sp³-hybridized carbons (Fsp3) is 0.194. The SMILES string of the molecule is Cc1c(COc2ccc(CNC(CO)C(=O)O)c(OCc3ccc4nsnc4c3)c2)cccc1-c1ccccc1. The highest BCUT2D eigenvalue weighted by Crippen LogP contribution is 2.29. The summed E-state index contributed by atoms with van der Waals surface area (Å²) in [5, 5.41) is 21.6. The molecule has 3 N–H and O–H groups in total.